The van der Waals surface area contributed by atoms with Gasteiger partial charge < -0.3 is 4.74 Å². The van der Waals surface area contributed by atoms with E-state index >= 15 is 0 Å². The summed E-state index contributed by atoms with van der Waals surface area (Å²) in [6, 6.07) is 25.5. The minimum Gasteiger partial charge on any atom is -0.392 e. The summed E-state index contributed by atoms with van der Waals surface area (Å²) in [7, 11) is 0. The molecular formula is C61H63N3O+2. The van der Waals surface area contributed by atoms with Gasteiger partial charge in [0.25, 0.3) is 0 Å². The molecule has 0 N–H and O–H groups in total. The SMILES string of the molecule is [2H]c1c([2H])c(C(C([2H])([2H])[2H])(C([2H])([2H])[2H])C([2H])([2H])[2H])c([2H])c([2H])c1-c1c([2H])c([2H])[n+]2c(c1[2H])-c1cc(C(C)(C)C)cc3c1C21Oc2c(cc(C(C)C)cc2C(C)C)-c2n(-c4ccc(-c5ccccc5)c(CC(C)C)c4)c4cccc-3c4[n+]21. The molecule has 3 aliphatic rings. The smallest absolute Gasteiger partial charge is 0.392 e. The lowest BCUT2D eigenvalue weighted by molar-refractivity contribution is -0.997. The molecule has 1 atom stereocenters. The Bertz CT molecular complexity index is 3950. The molecule has 5 heterocycles. The molecule has 1 spiro atoms. The fourth-order valence-electron chi connectivity index (χ4n) is 10.2. The first-order valence-electron chi connectivity index (χ1n) is 30.7. The van der Waals surface area contributed by atoms with Gasteiger partial charge in [0.05, 0.1) is 13.8 Å². The van der Waals surface area contributed by atoms with Gasteiger partial charge in [-0.25, -0.2) is 0 Å². The molecule has 4 heteroatoms. The first-order valence-corrected chi connectivity index (χ1v) is 22.7. The van der Waals surface area contributed by atoms with E-state index in [0.29, 0.717) is 28.6 Å². The highest BCUT2D eigenvalue weighted by molar-refractivity contribution is 5.98. The fraction of sp³-hybridized carbons (Fsp3) is 0.311. The summed E-state index contributed by atoms with van der Waals surface area (Å²) in [5.74, 6) is -0.350. The molecule has 1 unspecified atom stereocenters. The topological polar surface area (TPSA) is 21.9 Å². The van der Waals surface area contributed by atoms with Gasteiger partial charge in [-0.3, -0.25) is 0 Å². The van der Waals surface area contributed by atoms with Crippen LogP contribution in [0.3, 0.4) is 0 Å². The molecule has 0 bridgehead atoms. The predicted octanol–water partition coefficient (Wildman–Crippen LogP) is 14.8. The predicted molar refractivity (Wildman–Crippen MR) is 268 cm³/mol. The molecule has 0 fully saturated rings. The van der Waals surface area contributed by atoms with E-state index < -0.39 is 96.4 Å². The van der Waals surface area contributed by atoms with Gasteiger partial charge in [0.2, 0.25) is 5.69 Å². The highest BCUT2D eigenvalue weighted by Gasteiger charge is 2.69. The molecule has 0 radical (unpaired) electrons. The molecular weight excluding hydrogens is 791 g/mol. The van der Waals surface area contributed by atoms with E-state index in [1.165, 1.54) is 4.57 Å². The van der Waals surface area contributed by atoms with Crippen LogP contribution in [0.15, 0.2) is 133 Å². The number of imidazole rings is 1. The van der Waals surface area contributed by atoms with Crippen molar-refractivity contribution in [3.63, 3.8) is 0 Å². The second kappa shape index (κ2) is 14.4. The Hall–Kier alpha value is -6.26. The summed E-state index contributed by atoms with van der Waals surface area (Å²) in [5.41, 5.74) is 4.90. The summed E-state index contributed by atoms with van der Waals surface area (Å²) in [6.07, 6.45) is 0.232. The molecule has 0 saturated carbocycles. The van der Waals surface area contributed by atoms with Crippen molar-refractivity contribution in [2.24, 2.45) is 5.92 Å². The lowest BCUT2D eigenvalue weighted by Gasteiger charge is -2.34. The van der Waals surface area contributed by atoms with E-state index in [9.17, 15) is 9.60 Å². The third kappa shape index (κ3) is 6.15. The lowest BCUT2D eigenvalue weighted by atomic mass is 9.80. The maximum Gasteiger partial charge on any atom is 0.499 e. The van der Waals surface area contributed by atoms with Crippen LogP contribution in [0.4, 0.5) is 0 Å². The van der Waals surface area contributed by atoms with Gasteiger partial charge in [-0.1, -0.05) is 150 Å². The number of benzene rings is 6. The van der Waals surface area contributed by atoms with Crippen LogP contribution in [-0.4, -0.2) is 4.57 Å². The van der Waals surface area contributed by atoms with Crippen molar-refractivity contribution < 1.29 is 35.8 Å². The van der Waals surface area contributed by atoms with E-state index in [0.717, 1.165) is 73.2 Å². The second-order valence-corrected chi connectivity index (χ2v) is 20.1. The van der Waals surface area contributed by atoms with Crippen LogP contribution in [0.1, 0.15) is 150 Å². The number of rotatable bonds is 7. The van der Waals surface area contributed by atoms with Crippen molar-refractivity contribution in [3.8, 4) is 67.5 Å². The van der Waals surface area contributed by atoms with Crippen LogP contribution in [0.25, 0.3) is 72.7 Å². The van der Waals surface area contributed by atoms with Crippen molar-refractivity contribution in [2.75, 3.05) is 0 Å². The minimum absolute atomic E-state index is 0.0445. The van der Waals surface area contributed by atoms with Crippen molar-refractivity contribution in [3.05, 3.63) is 167 Å². The molecule has 2 aromatic heterocycles. The Labute approximate surface area is 408 Å². The van der Waals surface area contributed by atoms with E-state index in [2.05, 4.69) is 132 Å². The lowest BCUT2D eigenvalue weighted by Crippen LogP contribution is -2.78. The fourth-order valence-corrected chi connectivity index (χ4v) is 10.2. The molecule has 8 aromatic rings. The normalized spacial score (nSPS) is 19.9. The minimum atomic E-state index is -3.92. The summed E-state index contributed by atoms with van der Waals surface area (Å²) in [4.78, 5) is 0. The number of fused-ring (bicyclic) bond motifs is 5. The Balaban J connectivity index is 1.32. The van der Waals surface area contributed by atoms with Crippen molar-refractivity contribution in [1.29, 1.82) is 0 Å². The Morgan fingerprint density at radius 3 is 2.12 bits per heavy atom. The van der Waals surface area contributed by atoms with Crippen molar-refractivity contribution in [1.82, 2.24) is 4.57 Å². The summed E-state index contributed by atoms with van der Waals surface area (Å²) in [5, 5.41) is 0. The van der Waals surface area contributed by atoms with Crippen LogP contribution in [-0.2, 0) is 23.1 Å². The number of hydrogen-bond donors (Lipinski definition) is 0. The van der Waals surface area contributed by atoms with E-state index in [1.54, 1.807) is 0 Å². The van der Waals surface area contributed by atoms with Gasteiger partial charge >= 0.3 is 11.7 Å². The third-order valence-corrected chi connectivity index (χ3v) is 13.4. The molecule has 11 rings (SSSR count). The number of pyridine rings is 1. The van der Waals surface area contributed by atoms with Gasteiger partial charge in [-0.05, 0) is 134 Å². The Morgan fingerprint density at radius 1 is 0.677 bits per heavy atom. The molecule has 326 valence electrons. The average molecular weight is 870 g/mol. The number of hydrogen-bond acceptors (Lipinski definition) is 1. The van der Waals surface area contributed by atoms with Gasteiger partial charge in [-0.2, -0.15) is 4.57 Å². The maximum absolute atomic E-state index is 10.5. The summed E-state index contributed by atoms with van der Waals surface area (Å²) < 4.78 is 158. The average Bonchev–Trinajstić information content (AvgIpc) is 1.56. The monoisotopic (exact) mass is 870 g/mol. The van der Waals surface area contributed by atoms with Crippen LogP contribution in [0.5, 0.6) is 5.75 Å². The standard InChI is InChI=1S/C61H63N3O/c1-36(2)29-43-30-46(25-26-47(43)40-17-14-13-15-18-40)63-53-20-16-19-48-50-34-45(60(10,11)12)35-51-54-33-41(39-21-23-44(24-22-39)59(7,8)9)27-28-62(54)61(55(50)51)64(56(48)53)58(63)52-32-42(37(3)4)31-49(38(5)6)57(52)65-61/h13-28,30-38H,29H2,1-12H3/q+2/i7D3,8D3,9D3,21D,22D,23D,24D,27D,28D,33D. The Morgan fingerprint density at radius 2 is 1.43 bits per heavy atom. The second-order valence-electron chi connectivity index (χ2n) is 20.1. The van der Waals surface area contributed by atoms with Crippen LogP contribution >= 0.6 is 0 Å². The van der Waals surface area contributed by atoms with E-state index in [-0.39, 0.29) is 17.5 Å². The van der Waals surface area contributed by atoms with Crippen molar-refractivity contribution in [2.45, 2.75) is 118 Å². The van der Waals surface area contributed by atoms with Gasteiger partial charge in [0.15, 0.2) is 23.0 Å². The first-order chi connectivity index (χ1) is 37.6. The number of aromatic nitrogens is 3. The zero-order valence-corrected chi connectivity index (χ0v) is 38.3. The molecule has 65 heavy (non-hydrogen) atoms. The number of para-hydroxylation sites is 1. The van der Waals surface area contributed by atoms with E-state index in [1.807, 2.05) is 30.3 Å². The van der Waals surface area contributed by atoms with Crippen LogP contribution in [0.2, 0.25) is 0 Å². The first kappa shape index (κ1) is 27.3. The largest absolute Gasteiger partial charge is 0.499 e. The van der Waals surface area contributed by atoms with Gasteiger partial charge in [-0.15, -0.1) is 9.13 Å². The number of ether oxygens (including phenoxy) is 1. The summed E-state index contributed by atoms with van der Waals surface area (Å²) >= 11 is 0. The van der Waals surface area contributed by atoms with Crippen LogP contribution in [0, 0.1) is 5.92 Å². The van der Waals surface area contributed by atoms with E-state index in [4.69, 9.17) is 17.1 Å². The van der Waals surface area contributed by atoms with Gasteiger partial charge in [0, 0.05) is 35.5 Å². The summed E-state index contributed by atoms with van der Waals surface area (Å²) in [6.45, 7) is 7.28. The molecule has 0 amide bonds. The molecule has 3 aliphatic heterocycles. The molecule has 6 aromatic carbocycles. The quantitative estimate of drug-likeness (QED) is 0.146. The van der Waals surface area contributed by atoms with Crippen molar-refractivity contribution >= 4 is 11.0 Å². The Kier molecular flexibility index (Phi) is 6.03. The highest BCUT2D eigenvalue weighted by atomic mass is 16.5. The molecule has 0 saturated heterocycles. The molecule has 0 aliphatic carbocycles. The highest BCUT2D eigenvalue weighted by Crippen LogP contribution is 2.56. The molecule has 4 nitrogen and oxygen atoms in total. The number of nitrogens with zero attached hydrogens (tertiary/aromatic N) is 3. The third-order valence-electron chi connectivity index (χ3n) is 13.4. The maximum atomic E-state index is 10.5. The van der Waals surface area contributed by atoms with Gasteiger partial charge in [0.1, 0.15) is 18.2 Å². The zero-order valence-electron chi connectivity index (χ0n) is 54.3. The zero-order chi connectivity index (χ0) is 59.1. The van der Waals surface area contributed by atoms with Crippen LogP contribution < -0.4 is 13.9 Å².